The van der Waals surface area contributed by atoms with Gasteiger partial charge in [-0.3, -0.25) is 4.79 Å². The number of carbonyl (C=O) groups excluding carboxylic acids is 1. The van der Waals surface area contributed by atoms with Crippen molar-refractivity contribution in [3.05, 3.63) is 0 Å². The molecule has 0 N–H and O–H groups in total. The fourth-order valence-electron chi connectivity index (χ4n) is 1.99. The van der Waals surface area contributed by atoms with E-state index < -0.39 is 17.0 Å². The van der Waals surface area contributed by atoms with Crippen molar-refractivity contribution in [2.75, 3.05) is 14.1 Å². The first-order chi connectivity index (χ1) is 6.81. The third-order valence-corrected chi connectivity index (χ3v) is 3.99. The van der Waals surface area contributed by atoms with Crippen LogP contribution in [-0.2, 0) is 4.79 Å². The summed E-state index contributed by atoms with van der Waals surface area (Å²) in [5.74, 6) is -4.35. The summed E-state index contributed by atoms with van der Waals surface area (Å²) in [7, 11) is 4.96. The molecule has 2 nitrogen and oxygen atoms in total. The molecule has 1 aliphatic carbocycles. The van der Waals surface area contributed by atoms with Crippen molar-refractivity contribution in [1.82, 2.24) is 4.90 Å². The Labute approximate surface area is 91.6 Å². The van der Waals surface area contributed by atoms with E-state index in [0.717, 1.165) is 24.2 Å². The average molecular weight is 237 g/mol. The lowest BCUT2D eigenvalue weighted by molar-refractivity contribution is -0.161. The number of nitrogens with zero attached hydrogens (tertiary/aromatic N) is 1. The lowest BCUT2D eigenvalue weighted by atomic mass is 9.83. The van der Waals surface area contributed by atoms with E-state index in [2.05, 4.69) is 9.24 Å². The van der Waals surface area contributed by atoms with E-state index in [0.29, 0.717) is 12.8 Å². The molecule has 0 saturated heterocycles. The van der Waals surface area contributed by atoms with Crippen LogP contribution in [0, 0.1) is 0 Å². The molecule has 0 heterocycles. The second-order valence-corrected chi connectivity index (χ2v) is 5.60. The second kappa shape index (κ2) is 4.32. The Balaban J connectivity index is 2.87. The van der Waals surface area contributed by atoms with Crippen molar-refractivity contribution in [3.8, 4) is 0 Å². The van der Waals surface area contributed by atoms with Gasteiger partial charge in [-0.15, -0.1) is 9.24 Å². The molecule has 1 saturated carbocycles. The smallest absolute Gasteiger partial charge is 0.333 e. The van der Waals surface area contributed by atoms with E-state index in [-0.39, 0.29) is 0 Å². The van der Waals surface area contributed by atoms with E-state index in [1.807, 2.05) is 0 Å². The van der Waals surface area contributed by atoms with Crippen LogP contribution in [-0.4, -0.2) is 36.0 Å². The Kier molecular flexibility index (Phi) is 3.70. The normalized spacial score (nSPS) is 21.1. The van der Waals surface area contributed by atoms with Crippen molar-refractivity contribution in [1.29, 1.82) is 0 Å². The number of carbonyl (C=O) groups is 1. The van der Waals surface area contributed by atoms with Crippen LogP contribution >= 0.6 is 9.24 Å². The summed E-state index contributed by atoms with van der Waals surface area (Å²) in [4.78, 5) is 12.4. The molecule has 1 rings (SSSR count). The van der Waals surface area contributed by atoms with Gasteiger partial charge in [0.25, 0.3) is 5.91 Å². The molecule has 0 aromatic carbocycles. The van der Waals surface area contributed by atoms with Crippen molar-refractivity contribution >= 4 is 15.1 Å². The summed E-state index contributed by atoms with van der Waals surface area (Å²) in [5.41, 5.74) is 0. The highest BCUT2D eigenvalue weighted by atomic mass is 31.0. The van der Waals surface area contributed by atoms with Crippen LogP contribution in [0.25, 0.3) is 0 Å². The molecule has 0 aliphatic heterocycles. The van der Waals surface area contributed by atoms with Crippen LogP contribution < -0.4 is 0 Å². The standard InChI is InChI=1S/C10H18F2NOP/c1-13(2)8(14)10(11,12)9(15)6-4-3-5-7-9/h3-7,15H2,1-2H3. The van der Waals surface area contributed by atoms with Crippen molar-refractivity contribution < 1.29 is 13.6 Å². The van der Waals surface area contributed by atoms with Gasteiger partial charge in [0.1, 0.15) is 0 Å². The number of rotatable bonds is 2. The summed E-state index contributed by atoms with van der Waals surface area (Å²) in [6.07, 6.45) is 3.36. The third kappa shape index (κ3) is 2.30. The van der Waals surface area contributed by atoms with Gasteiger partial charge in [-0.25, -0.2) is 0 Å². The Hall–Kier alpha value is -0.240. The molecule has 0 aromatic rings. The summed E-state index contributed by atoms with van der Waals surface area (Å²) in [5, 5.41) is -1.23. The molecule has 0 spiro atoms. The van der Waals surface area contributed by atoms with Crippen LogP contribution in [0.2, 0.25) is 0 Å². The van der Waals surface area contributed by atoms with Gasteiger partial charge < -0.3 is 4.90 Å². The maximum atomic E-state index is 13.9. The molecule has 1 atom stereocenters. The van der Waals surface area contributed by atoms with Gasteiger partial charge in [0.15, 0.2) is 0 Å². The van der Waals surface area contributed by atoms with E-state index in [4.69, 9.17) is 0 Å². The van der Waals surface area contributed by atoms with Crippen LogP contribution in [0.4, 0.5) is 8.78 Å². The van der Waals surface area contributed by atoms with Gasteiger partial charge in [0.05, 0.1) is 5.16 Å². The molecule has 88 valence electrons. The van der Waals surface area contributed by atoms with Gasteiger partial charge in [0, 0.05) is 14.1 Å². The maximum absolute atomic E-state index is 13.9. The molecule has 0 aromatic heterocycles. The number of halogens is 2. The Morgan fingerprint density at radius 1 is 1.27 bits per heavy atom. The first-order valence-corrected chi connectivity index (χ1v) is 5.77. The van der Waals surface area contributed by atoms with Crippen LogP contribution in [0.3, 0.4) is 0 Å². The van der Waals surface area contributed by atoms with Crippen molar-refractivity contribution in [2.24, 2.45) is 0 Å². The number of alkyl halides is 2. The Morgan fingerprint density at radius 3 is 2.13 bits per heavy atom. The van der Waals surface area contributed by atoms with Crippen LogP contribution in [0.15, 0.2) is 0 Å². The summed E-state index contributed by atoms with van der Waals surface area (Å²) >= 11 is 0. The summed E-state index contributed by atoms with van der Waals surface area (Å²) < 4.78 is 27.9. The fourth-order valence-corrected chi connectivity index (χ4v) is 2.52. The first kappa shape index (κ1) is 12.8. The molecule has 1 amide bonds. The minimum atomic E-state index is -3.26. The quantitative estimate of drug-likeness (QED) is 0.675. The van der Waals surface area contributed by atoms with E-state index >= 15 is 0 Å². The fraction of sp³-hybridized carbons (Fsp3) is 0.900. The topological polar surface area (TPSA) is 20.3 Å². The molecular formula is C10H18F2NOP. The number of hydrogen-bond donors (Lipinski definition) is 0. The molecule has 1 aliphatic rings. The lowest BCUT2D eigenvalue weighted by Crippen LogP contribution is -2.54. The lowest BCUT2D eigenvalue weighted by Gasteiger charge is -2.39. The zero-order valence-corrected chi connectivity index (χ0v) is 10.4. The number of amides is 1. The summed E-state index contributed by atoms with van der Waals surface area (Å²) in [6.45, 7) is 0. The third-order valence-electron chi connectivity index (χ3n) is 3.05. The monoisotopic (exact) mass is 237 g/mol. The molecule has 0 radical (unpaired) electrons. The van der Waals surface area contributed by atoms with Crippen LogP contribution in [0.1, 0.15) is 32.1 Å². The molecule has 1 unspecified atom stereocenters. The Bertz CT molecular complexity index is 250. The minimum Gasteiger partial charge on any atom is -0.344 e. The van der Waals surface area contributed by atoms with Gasteiger partial charge in [-0.05, 0) is 12.8 Å². The predicted octanol–water partition coefficient (Wildman–Crippen LogP) is 2.29. The van der Waals surface area contributed by atoms with Gasteiger partial charge >= 0.3 is 5.92 Å². The Morgan fingerprint density at radius 2 is 1.73 bits per heavy atom. The molecule has 15 heavy (non-hydrogen) atoms. The second-order valence-electron chi connectivity index (χ2n) is 4.49. The van der Waals surface area contributed by atoms with Crippen molar-refractivity contribution in [3.63, 3.8) is 0 Å². The molecular weight excluding hydrogens is 219 g/mol. The maximum Gasteiger partial charge on any atom is 0.333 e. The predicted molar refractivity (Wildman–Crippen MR) is 59.2 cm³/mol. The first-order valence-electron chi connectivity index (χ1n) is 5.20. The average Bonchev–Trinajstić information content (AvgIpc) is 2.17. The van der Waals surface area contributed by atoms with Gasteiger partial charge in [-0.2, -0.15) is 8.78 Å². The number of hydrogen-bond acceptors (Lipinski definition) is 1. The van der Waals surface area contributed by atoms with E-state index in [1.165, 1.54) is 14.1 Å². The molecule has 1 fully saturated rings. The highest BCUT2D eigenvalue weighted by Gasteiger charge is 2.56. The SMILES string of the molecule is CN(C)C(=O)C(F)(F)C1(P)CCCCC1. The van der Waals surface area contributed by atoms with E-state index in [1.54, 1.807) is 0 Å². The highest BCUT2D eigenvalue weighted by Crippen LogP contribution is 2.47. The van der Waals surface area contributed by atoms with E-state index in [9.17, 15) is 13.6 Å². The molecule has 5 heteroatoms. The largest absolute Gasteiger partial charge is 0.344 e. The minimum absolute atomic E-state index is 0.407. The molecule has 0 bridgehead atoms. The van der Waals surface area contributed by atoms with Gasteiger partial charge in [0.2, 0.25) is 0 Å². The zero-order chi connectivity index (χ0) is 11.7. The van der Waals surface area contributed by atoms with Crippen LogP contribution in [0.5, 0.6) is 0 Å². The van der Waals surface area contributed by atoms with Crippen molar-refractivity contribution in [2.45, 2.75) is 43.2 Å². The summed E-state index contributed by atoms with van der Waals surface area (Å²) in [6, 6.07) is 0. The van der Waals surface area contributed by atoms with Gasteiger partial charge in [-0.1, -0.05) is 19.3 Å². The zero-order valence-electron chi connectivity index (χ0n) is 9.22. The highest BCUT2D eigenvalue weighted by molar-refractivity contribution is 7.19.